The fourth-order valence-corrected chi connectivity index (χ4v) is 2.28. The van der Waals surface area contributed by atoms with Gasteiger partial charge in [-0.1, -0.05) is 57.6 Å². The van der Waals surface area contributed by atoms with Crippen LogP contribution in [0.5, 0.6) is 5.75 Å². The van der Waals surface area contributed by atoms with E-state index in [1.54, 1.807) is 0 Å². The standard InChI is InChI=1S/C16H24O3.Na/c1-2-3-4-5-6-7-8-10-13-14(16(18)19)11-9-12-15(13)17;/h9,11-12,17H,2-8,10H2,1H3,(H,18,19);/q;+1/p-1. The van der Waals surface area contributed by atoms with Gasteiger partial charge in [0.1, 0.15) is 0 Å². The molecule has 0 unspecified atom stereocenters. The van der Waals surface area contributed by atoms with Crippen molar-refractivity contribution in [3.05, 3.63) is 29.3 Å². The van der Waals surface area contributed by atoms with Crippen LogP contribution in [0.1, 0.15) is 67.8 Å². The Bertz CT molecular complexity index is 405. The van der Waals surface area contributed by atoms with Gasteiger partial charge in [0.25, 0.3) is 0 Å². The van der Waals surface area contributed by atoms with Crippen LogP contribution in [0.4, 0.5) is 0 Å². The van der Waals surface area contributed by atoms with Crippen LogP contribution in [0.15, 0.2) is 18.2 Å². The molecule has 0 spiro atoms. The predicted octanol–water partition coefficient (Wildman–Crippen LogP) is 0.756. The molecule has 0 saturated carbocycles. The molecule has 0 aromatic heterocycles. The summed E-state index contributed by atoms with van der Waals surface area (Å²) < 4.78 is 0. The van der Waals surface area contributed by atoms with Crippen molar-refractivity contribution in [1.82, 2.24) is 0 Å². The topological polar surface area (TPSA) is 60.4 Å². The Labute approximate surface area is 143 Å². The fourth-order valence-electron chi connectivity index (χ4n) is 2.28. The van der Waals surface area contributed by atoms with Crippen LogP contribution in [-0.4, -0.2) is 11.1 Å². The quantitative estimate of drug-likeness (QED) is 0.538. The Balaban J connectivity index is 0.00000361. The van der Waals surface area contributed by atoms with Crippen molar-refractivity contribution in [3.8, 4) is 5.75 Å². The molecular formula is C16H23NaO3. The van der Waals surface area contributed by atoms with Gasteiger partial charge in [-0.15, -0.1) is 5.75 Å². The van der Waals surface area contributed by atoms with Crippen LogP contribution < -0.4 is 34.7 Å². The minimum atomic E-state index is -1.00. The number of hydrogen-bond donors (Lipinski definition) is 1. The van der Waals surface area contributed by atoms with E-state index >= 15 is 0 Å². The summed E-state index contributed by atoms with van der Waals surface area (Å²) in [4.78, 5) is 11.0. The SMILES string of the molecule is CCCCCCCCCc1c([O-])cccc1C(=O)O.[Na+]. The largest absolute Gasteiger partial charge is 1.00 e. The monoisotopic (exact) mass is 286 g/mol. The number of unbranched alkanes of at least 4 members (excludes halogenated alkanes) is 6. The van der Waals surface area contributed by atoms with Gasteiger partial charge in [-0.05, 0) is 24.5 Å². The van der Waals surface area contributed by atoms with E-state index in [0.29, 0.717) is 12.0 Å². The summed E-state index contributed by atoms with van der Waals surface area (Å²) in [5.41, 5.74) is 0.627. The zero-order chi connectivity index (χ0) is 14.1. The van der Waals surface area contributed by atoms with Crippen LogP contribution in [0, 0.1) is 0 Å². The number of carbonyl (C=O) groups is 1. The zero-order valence-corrected chi connectivity index (χ0v) is 14.7. The molecule has 0 atom stereocenters. The maximum absolute atomic E-state index is 11.7. The van der Waals surface area contributed by atoms with Gasteiger partial charge in [0.15, 0.2) is 0 Å². The zero-order valence-electron chi connectivity index (χ0n) is 12.7. The van der Waals surface area contributed by atoms with Crippen molar-refractivity contribution in [2.24, 2.45) is 0 Å². The number of aromatic carboxylic acids is 1. The Hall–Kier alpha value is -0.510. The molecule has 0 aliphatic rings. The second-order valence-electron chi connectivity index (χ2n) is 4.96. The molecule has 0 bridgehead atoms. The van der Waals surface area contributed by atoms with Crippen molar-refractivity contribution in [1.29, 1.82) is 0 Å². The molecule has 4 heteroatoms. The molecule has 3 nitrogen and oxygen atoms in total. The molecule has 0 radical (unpaired) electrons. The van der Waals surface area contributed by atoms with E-state index in [0.717, 1.165) is 12.8 Å². The van der Waals surface area contributed by atoms with Crippen LogP contribution in [0.2, 0.25) is 0 Å². The first-order valence-electron chi connectivity index (χ1n) is 7.19. The maximum Gasteiger partial charge on any atom is 1.00 e. The van der Waals surface area contributed by atoms with E-state index < -0.39 is 5.97 Å². The number of hydrogen-bond acceptors (Lipinski definition) is 2. The minimum absolute atomic E-state index is 0. The first-order valence-corrected chi connectivity index (χ1v) is 7.19. The molecule has 106 valence electrons. The summed E-state index contributed by atoms with van der Waals surface area (Å²) >= 11 is 0. The molecule has 1 aromatic carbocycles. The third-order valence-corrected chi connectivity index (χ3v) is 3.39. The molecular weight excluding hydrogens is 263 g/mol. The van der Waals surface area contributed by atoms with E-state index in [-0.39, 0.29) is 40.9 Å². The molecule has 0 heterocycles. The third-order valence-electron chi connectivity index (χ3n) is 3.39. The number of carboxylic acid groups (broad SMARTS) is 1. The van der Waals surface area contributed by atoms with Crippen molar-refractivity contribution in [2.75, 3.05) is 0 Å². The molecule has 0 amide bonds. The average Bonchev–Trinajstić information content (AvgIpc) is 2.39. The summed E-state index contributed by atoms with van der Waals surface area (Å²) in [6, 6.07) is 4.48. The molecule has 1 N–H and O–H groups in total. The number of benzene rings is 1. The summed E-state index contributed by atoms with van der Waals surface area (Å²) in [6.45, 7) is 2.19. The predicted molar refractivity (Wildman–Crippen MR) is 74.5 cm³/mol. The van der Waals surface area contributed by atoms with Crippen LogP contribution in [-0.2, 0) is 6.42 Å². The second-order valence-corrected chi connectivity index (χ2v) is 4.96. The minimum Gasteiger partial charge on any atom is -0.872 e. The molecule has 0 saturated heterocycles. The van der Waals surface area contributed by atoms with E-state index in [1.165, 1.54) is 50.3 Å². The van der Waals surface area contributed by atoms with Gasteiger partial charge < -0.3 is 10.2 Å². The Morgan fingerprint density at radius 2 is 1.70 bits per heavy atom. The summed E-state index contributed by atoms with van der Waals surface area (Å²) in [5, 5.41) is 20.7. The fraction of sp³-hybridized carbons (Fsp3) is 0.562. The van der Waals surface area contributed by atoms with Gasteiger partial charge >= 0.3 is 35.5 Å². The Morgan fingerprint density at radius 1 is 1.10 bits per heavy atom. The summed E-state index contributed by atoms with van der Waals surface area (Å²) in [5.74, 6) is -1.15. The van der Waals surface area contributed by atoms with Crippen molar-refractivity contribution in [2.45, 2.75) is 58.3 Å². The molecule has 20 heavy (non-hydrogen) atoms. The molecule has 0 aliphatic heterocycles. The van der Waals surface area contributed by atoms with Gasteiger partial charge in [0.2, 0.25) is 0 Å². The number of rotatable bonds is 9. The van der Waals surface area contributed by atoms with Crippen molar-refractivity contribution >= 4 is 5.97 Å². The van der Waals surface area contributed by atoms with E-state index in [1.807, 2.05) is 0 Å². The van der Waals surface area contributed by atoms with Crippen molar-refractivity contribution in [3.63, 3.8) is 0 Å². The van der Waals surface area contributed by atoms with E-state index in [4.69, 9.17) is 5.11 Å². The van der Waals surface area contributed by atoms with Gasteiger partial charge in [-0.3, -0.25) is 0 Å². The van der Waals surface area contributed by atoms with Crippen LogP contribution in [0.25, 0.3) is 0 Å². The smallest absolute Gasteiger partial charge is 0.872 e. The molecule has 0 aliphatic carbocycles. The molecule has 0 fully saturated rings. The Morgan fingerprint density at radius 3 is 2.30 bits per heavy atom. The maximum atomic E-state index is 11.7. The summed E-state index contributed by atoms with van der Waals surface area (Å²) in [7, 11) is 0. The van der Waals surface area contributed by atoms with Gasteiger partial charge in [0.05, 0.1) is 5.56 Å². The molecule has 1 rings (SSSR count). The first-order chi connectivity index (χ1) is 9.16. The third kappa shape index (κ3) is 6.78. The van der Waals surface area contributed by atoms with Crippen LogP contribution in [0.3, 0.4) is 0 Å². The second kappa shape index (κ2) is 11.2. The van der Waals surface area contributed by atoms with Gasteiger partial charge in [0, 0.05) is 0 Å². The van der Waals surface area contributed by atoms with Crippen molar-refractivity contribution < 1.29 is 44.6 Å². The van der Waals surface area contributed by atoms with E-state index in [2.05, 4.69) is 6.92 Å². The normalized spacial score (nSPS) is 10.1. The first kappa shape index (κ1) is 19.5. The summed E-state index contributed by atoms with van der Waals surface area (Å²) in [6.07, 6.45) is 8.74. The van der Waals surface area contributed by atoms with E-state index in [9.17, 15) is 9.90 Å². The van der Waals surface area contributed by atoms with Gasteiger partial charge in [-0.2, -0.15) is 0 Å². The van der Waals surface area contributed by atoms with Crippen LogP contribution >= 0.6 is 0 Å². The van der Waals surface area contributed by atoms with Gasteiger partial charge in [-0.25, -0.2) is 4.79 Å². The molecule has 1 aromatic rings. The Kier molecular flexibility index (Phi) is 10.9. The number of carboxylic acids is 1. The average molecular weight is 286 g/mol.